The normalized spacial score (nSPS) is 14.8. The lowest BCUT2D eigenvalue weighted by Gasteiger charge is -2.35. The summed E-state index contributed by atoms with van der Waals surface area (Å²) in [6.45, 7) is 5.06. The third-order valence-corrected chi connectivity index (χ3v) is 5.42. The highest BCUT2D eigenvalue weighted by Crippen LogP contribution is 2.34. The van der Waals surface area contributed by atoms with Crippen molar-refractivity contribution in [2.75, 3.05) is 25.6 Å². The van der Waals surface area contributed by atoms with Crippen LogP contribution in [0.3, 0.4) is 0 Å². The topological polar surface area (TPSA) is 94.2 Å². The zero-order valence-electron chi connectivity index (χ0n) is 20.0. The SMILES string of the molecule is COC(=O)C1c2ccc(OCc3c(F)ccc(NC(C)=O)c3F)cc2CCN1C(=O)OCC(C)C. The van der Waals surface area contributed by atoms with Crippen molar-refractivity contribution in [3.8, 4) is 5.75 Å². The monoisotopic (exact) mass is 490 g/mol. The van der Waals surface area contributed by atoms with Gasteiger partial charge in [-0.25, -0.2) is 18.4 Å². The maximum atomic E-state index is 14.6. The molecule has 1 aliphatic rings. The molecule has 2 amide bonds. The Bertz CT molecular complexity index is 1120. The molecule has 0 aliphatic carbocycles. The number of carbonyl (C=O) groups is 3. The number of ether oxygens (including phenoxy) is 3. The summed E-state index contributed by atoms with van der Waals surface area (Å²) in [5.41, 5.74) is 0.814. The molecule has 0 saturated heterocycles. The number of anilines is 1. The van der Waals surface area contributed by atoms with E-state index >= 15 is 0 Å². The van der Waals surface area contributed by atoms with Crippen molar-refractivity contribution in [3.63, 3.8) is 0 Å². The number of fused-ring (bicyclic) bond motifs is 1. The van der Waals surface area contributed by atoms with Crippen LogP contribution in [0.5, 0.6) is 5.75 Å². The minimum atomic E-state index is -0.985. The lowest BCUT2D eigenvalue weighted by atomic mass is 9.92. The fourth-order valence-electron chi connectivity index (χ4n) is 3.75. The first-order valence-electron chi connectivity index (χ1n) is 11.1. The minimum Gasteiger partial charge on any atom is -0.489 e. The molecule has 1 atom stereocenters. The van der Waals surface area contributed by atoms with Crippen molar-refractivity contribution in [3.05, 3.63) is 58.7 Å². The molecule has 10 heteroatoms. The molecule has 1 N–H and O–H groups in total. The van der Waals surface area contributed by atoms with Crippen LogP contribution in [-0.2, 0) is 32.1 Å². The number of methoxy groups -OCH3 is 1. The van der Waals surface area contributed by atoms with Gasteiger partial charge in [0.25, 0.3) is 0 Å². The zero-order valence-corrected chi connectivity index (χ0v) is 20.0. The molecule has 3 rings (SSSR count). The molecule has 2 aromatic carbocycles. The lowest BCUT2D eigenvalue weighted by Crippen LogP contribution is -2.44. The molecule has 35 heavy (non-hydrogen) atoms. The number of rotatable bonds is 7. The summed E-state index contributed by atoms with van der Waals surface area (Å²) in [4.78, 5) is 37.7. The molecule has 1 unspecified atom stereocenters. The number of nitrogens with one attached hydrogen (secondary N) is 1. The van der Waals surface area contributed by atoms with E-state index in [1.54, 1.807) is 18.2 Å². The van der Waals surface area contributed by atoms with Gasteiger partial charge in [-0.1, -0.05) is 19.9 Å². The first kappa shape index (κ1) is 25.9. The molecule has 0 radical (unpaired) electrons. The first-order valence-corrected chi connectivity index (χ1v) is 11.1. The van der Waals surface area contributed by atoms with E-state index in [0.29, 0.717) is 17.7 Å². The molecule has 0 bridgehead atoms. The Morgan fingerprint density at radius 3 is 2.57 bits per heavy atom. The first-order chi connectivity index (χ1) is 16.6. The smallest absolute Gasteiger partial charge is 0.410 e. The van der Waals surface area contributed by atoms with E-state index in [9.17, 15) is 23.2 Å². The number of nitrogens with zero attached hydrogens (tertiary/aromatic N) is 1. The number of carbonyl (C=O) groups excluding carboxylic acids is 3. The van der Waals surface area contributed by atoms with Gasteiger partial charge in [-0.3, -0.25) is 9.69 Å². The molecule has 188 valence electrons. The number of hydrogen-bond acceptors (Lipinski definition) is 6. The van der Waals surface area contributed by atoms with E-state index in [1.165, 1.54) is 18.9 Å². The largest absolute Gasteiger partial charge is 0.489 e. The Kier molecular flexibility index (Phi) is 8.26. The number of hydrogen-bond donors (Lipinski definition) is 1. The van der Waals surface area contributed by atoms with Crippen LogP contribution < -0.4 is 10.1 Å². The maximum absolute atomic E-state index is 14.6. The highest BCUT2D eigenvalue weighted by molar-refractivity contribution is 5.89. The van der Waals surface area contributed by atoms with Crippen molar-refractivity contribution in [2.45, 2.75) is 39.8 Å². The molecular weight excluding hydrogens is 462 g/mol. The standard InChI is InChI=1S/C25H28F2N2O6/c1-14(2)12-35-25(32)29-10-9-16-11-17(5-6-18(16)23(29)24(31)33-4)34-13-19-20(26)7-8-21(22(19)27)28-15(3)30/h5-8,11,14,23H,9-10,12-13H2,1-4H3,(H,28,30). The maximum Gasteiger partial charge on any atom is 0.410 e. The fraction of sp³-hybridized carbons (Fsp3) is 0.400. The molecule has 8 nitrogen and oxygen atoms in total. The molecule has 0 saturated carbocycles. The summed E-state index contributed by atoms with van der Waals surface area (Å²) in [6.07, 6.45) is -0.192. The Morgan fingerprint density at radius 2 is 1.91 bits per heavy atom. The van der Waals surface area contributed by atoms with Crippen molar-refractivity contribution in [1.29, 1.82) is 0 Å². The number of esters is 1. The molecule has 2 aromatic rings. The van der Waals surface area contributed by atoms with Crippen molar-refractivity contribution in [2.24, 2.45) is 5.92 Å². The van der Waals surface area contributed by atoms with E-state index in [2.05, 4.69) is 5.32 Å². The molecule has 0 aromatic heterocycles. The molecule has 1 aliphatic heterocycles. The third-order valence-electron chi connectivity index (χ3n) is 5.42. The average Bonchev–Trinajstić information content (AvgIpc) is 2.82. The van der Waals surface area contributed by atoms with E-state index < -0.39 is 42.3 Å². The second-order valence-electron chi connectivity index (χ2n) is 8.56. The van der Waals surface area contributed by atoms with E-state index in [0.717, 1.165) is 17.7 Å². The quantitative estimate of drug-likeness (QED) is 0.580. The van der Waals surface area contributed by atoms with Crippen LogP contribution in [0.1, 0.15) is 43.5 Å². The van der Waals surface area contributed by atoms with Gasteiger partial charge < -0.3 is 19.5 Å². The van der Waals surface area contributed by atoms with Gasteiger partial charge in [0.15, 0.2) is 11.9 Å². The van der Waals surface area contributed by atoms with Gasteiger partial charge in [-0.2, -0.15) is 0 Å². The summed E-state index contributed by atoms with van der Waals surface area (Å²) in [6, 6.07) is 6.03. The van der Waals surface area contributed by atoms with Gasteiger partial charge in [0.2, 0.25) is 5.91 Å². The van der Waals surface area contributed by atoms with Crippen LogP contribution in [0.25, 0.3) is 0 Å². The Balaban J connectivity index is 1.81. The van der Waals surface area contributed by atoms with Gasteiger partial charge >= 0.3 is 12.1 Å². The second-order valence-corrected chi connectivity index (χ2v) is 8.56. The van der Waals surface area contributed by atoms with Gasteiger partial charge in [0, 0.05) is 13.5 Å². The zero-order chi connectivity index (χ0) is 25.7. The summed E-state index contributed by atoms with van der Waals surface area (Å²) in [5, 5.41) is 2.31. The van der Waals surface area contributed by atoms with Gasteiger partial charge in [0.05, 0.1) is 25.0 Å². The van der Waals surface area contributed by atoms with Crippen molar-refractivity contribution >= 4 is 23.7 Å². The van der Waals surface area contributed by atoms with Gasteiger partial charge in [-0.05, 0) is 47.7 Å². The van der Waals surface area contributed by atoms with Crippen LogP contribution in [0.15, 0.2) is 30.3 Å². The average molecular weight is 491 g/mol. The van der Waals surface area contributed by atoms with Crippen molar-refractivity contribution in [1.82, 2.24) is 4.90 Å². The number of benzene rings is 2. The van der Waals surface area contributed by atoms with Crippen LogP contribution in [0.2, 0.25) is 0 Å². The minimum absolute atomic E-state index is 0.140. The van der Waals surface area contributed by atoms with E-state index in [4.69, 9.17) is 14.2 Å². The molecule has 1 heterocycles. The van der Waals surface area contributed by atoms with Crippen LogP contribution in [0.4, 0.5) is 19.3 Å². The van der Waals surface area contributed by atoms with Crippen LogP contribution >= 0.6 is 0 Å². The Hall–Kier alpha value is -3.69. The van der Waals surface area contributed by atoms with Gasteiger partial charge in [-0.15, -0.1) is 0 Å². The predicted molar refractivity (Wildman–Crippen MR) is 123 cm³/mol. The Labute approximate surface area is 202 Å². The molecule has 0 spiro atoms. The fourth-order valence-corrected chi connectivity index (χ4v) is 3.75. The van der Waals surface area contributed by atoms with E-state index in [-0.39, 0.29) is 30.3 Å². The molecular formula is C25H28F2N2O6. The second kappa shape index (κ2) is 11.2. The summed E-state index contributed by atoms with van der Waals surface area (Å²) in [7, 11) is 1.24. The summed E-state index contributed by atoms with van der Waals surface area (Å²) in [5.74, 6) is -2.36. The van der Waals surface area contributed by atoms with Crippen molar-refractivity contribution < 1.29 is 37.4 Å². The summed E-state index contributed by atoms with van der Waals surface area (Å²) < 4.78 is 44.7. The number of amides is 2. The predicted octanol–water partition coefficient (Wildman–Crippen LogP) is 4.37. The van der Waals surface area contributed by atoms with Crippen LogP contribution in [0, 0.1) is 17.6 Å². The van der Waals surface area contributed by atoms with Gasteiger partial charge in [0.1, 0.15) is 18.2 Å². The Morgan fingerprint density at radius 1 is 1.17 bits per heavy atom. The third kappa shape index (κ3) is 6.06. The van der Waals surface area contributed by atoms with Crippen LogP contribution in [-0.4, -0.2) is 43.1 Å². The summed E-state index contributed by atoms with van der Waals surface area (Å²) >= 11 is 0. The highest BCUT2D eigenvalue weighted by Gasteiger charge is 2.38. The highest BCUT2D eigenvalue weighted by atomic mass is 19.1. The number of halogens is 2. The lowest BCUT2D eigenvalue weighted by molar-refractivity contribution is -0.147. The molecule has 0 fully saturated rings. The van der Waals surface area contributed by atoms with E-state index in [1.807, 2.05) is 13.8 Å².